The first-order valence-electron chi connectivity index (χ1n) is 9.43. The second-order valence-electron chi connectivity index (χ2n) is 7.68. The molecule has 3 aliphatic rings. The molecule has 0 aromatic heterocycles. The van der Waals surface area contributed by atoms with Gasteiger partial charge in [-0.05, 0) is 51.0 Å². The molecule has 3 rings (SSSR count). The lowest BCUT2D eigenvalue weighted by atomic mass is 9.92. The lowest BCUT2D eigenvalue weighted by Gasteiger charge is -2.37. The van der Waals surface area contributed by atoms with Crippen LogP contribution in [0.4, 0.5) is 0 Å². The zero-order chi connectivity index (χ0) is 16.2. The fourth-order valence-electron chi connectivity index (χ4n) is 4.29. The van der Waals surface area contributed by atoms with Crippen molar-refractivity contribution in [2.45, 2.75) is 57.9 Å². The summed E-state index contributed by atoms with van der Waals surface area (Å²) in [4.78, 5) is 29.1. The molecule has 3 fully saturated rings. The van der Waals surface area contributed by atoms with Gasteiger partial charge in [-0.15, -0.1) is 0 Å². The summed E-state index contributed by atoms with van der Waals surface area (Å²) in [6.07, 6.45) is 6.99. The Morgan fingerprint density at radius 1 is 1.00 bits per heavy atom. The molecule has 0 saturated carbocycles. The molecule has 2 unspecified atom stereocenters. The highest BCUT2D eigenvalue weighted by atomic mass is 16.2. The van der Waals surface area contributed by atoms with Crippen molar-refractivity contribution in [1.82, 2.24) is 15.1 Å². The van der Waals surface area contributed by atoms with Gasteiger partial charge in [-0.2, -0.15) is 0 Å². The summed E-state index contributed by atoms with van der Waals surface area (Å²) < 4.78 is 0. The maximum Gasteiger partial charge on any atom is 0.225 e. The number of hydrogen-bond acceptors (Lipinski definition) is 3. The van der Waals surface area contributed by atoms with Crippen molar-refractivity contribution in [1.29, 1.82) is 0 Å². The minimum Gasteiger partial charge on any atom is -0.343 e. The first-order chi connectivity index (χ1) is 11.1. The number of amides is 2. The van der Waals surface area contributed by atoms with Crippen LogP contribution in [0.1, 0.15) is 51.9 Å². The maximum absolute atomic E-state index is 12.7. The maximum atomic E-state index is 12.7. The third-order valence-corrected chi connectivity index (χ3v) is 5.75. The van der Waals surface area contributed by atoms with Crippen molar-refractivity contribution in [3.8, 4) is 0 Å². The molecule has 0 aromatic rings. The van der Waals surface area contributed by atoms with E-state index in [4.69, 9.17) is 0 Å². The molecule has 0 aromatic carbocycles. The van der Waals surface area contributed by atoms with Crippen LogP contribution in [0.25, 0.3) is 0 Å². The van der Waals surface area contributed by atoms with Gasteiger partial charge in [-0.25, -0.2) is 0 Å². The average molecular weight is 321 g/mol. The van der Waals surface area contributed by atoms with Crippen LogP contribution in [0.2, 0.25) is 0 Å². The van der Waals surface area contributed by atoms with Crippen LogP contribution in [-0.4, -0.2) is 60.4 Å². The van der Waals surface area contributed by atoms with E-state index in [0.717, 1.165) is 58.4 Å². The van der Waals surface area contributed by atoms with E-state index in [1.54, 1.807) is 0 Å². The molecule has 2 atom stereocenters. The monoisotopic (exact) mass is 321 g/mol. The minimum absolute atomic E-state index is 0.133. The summed E-state index contributed by atoms with van der Waals surface area (Å²) in [5.41, 5.74) is 0. The minimum atomic E-state index is 0.133. The van der Waals surface area contributed by atoms with Gasteiger partial charge in [0.2, 0.25) is 11.8 Å². The molecule has 0 bridgehead atoms. The van der Waals surface area contributed by atoms with E-state index in [1.807, 2.05) is 4.90 Å². The topological polar surface area (TPSA) is 52.7 Å². The van der Waals surface area contributed by atoms with Gasteiger partial charge in [0.15, 0.2) is 0 Å². The molecule has 3 heterocycles. The molecule has 3 aliphatic heterocycles. The molecule has 0 aliphatic carbocycles. The van der Waals surface area contributed by atoms with E-state index in [1.165, 1.54) is 12.8 Å². The molecule has 3 saturated heterocycles. The number of piperidine rings is 2. The predicted octanol–water partition coefficient (Wildman–Crippen LogP) is 1.63. The largest absolute Gasteiger partial charge is 0.343 e. The molecular weight excluding hydrogens is 290 g/mol. The second-order valence-corrected chi connectivity index (χ2v) is 7.68. The van der Waals surface area contributed by atoms with Gasteiger partial charge in [-0.3, -0.25) is 9.59 Å². The smallest absolute Gasteiger partial charge is 0.225 e. The van der Waals surface area contributed by atoms with Gasteiger partial charge in [0, 0.05) is 44.6 Å². The lowest BCUT2D eigenvalue weighted by molar-refractivity contribution is -0.142. The van der Waals surface area contributed by atoms with Crippen molar-refractivity contribution in [3.05, 3.63) is 0 Å². The molecule has 5 heteroatoms. The van der Waals surface area contributed by atoms with E-state index < -0.39 is 0 Å². The highest BCUT2D eigenvalue weighted by Crippen LogP contribution is 2.24. The molecule has 0 spiro atoms. The van der Waals surface area contributed by atoms with Crippen molar-refractivity contribution >= 4 is 11.8 Å². The summed E-state index contributed by atoms with van der Waals surface area (Å²) in [6.45, 7) is 6.64. The highest BCUT2D eigenvalue weighted by Gasteiger charge is 2.32. The Bertz CT molecular complexity index is 426. The fourth-order valence-corrected chi connectivity index (χ4v) is 4.29. The standard InChI is InChI=1S/C18H31N3O2/c1-14-4-3-9-21(13-14)18(23)15-6-10-20(11-7-15)17(22)12-16-5-2-8-19-16/h14-16,19H,2-13H2,1H3. The number of carbonyl (C=O) groups excluding carboxylic acids is 2. The lowest BCUT2D eigenvalue weighted by Crippen LogP contribution is -2.47. The van der Waals surface area contributed by atoms with Crippen molar-refractivity contribution < 1.29 is 9.59 Å². The third kappa shape index (κ3) is 4.25. The number of nitrogens with one attached hydrogen (secondary N) is 1. The van der Waals surface area contributed by atoms with Crippen molar-refractivity contribution in [2.24, 2.45) is 11.8 Å². The van der Waals surface area contributed by atoms with Crippen LogP contribution < -0.4 is 5.32 Å². The van der Waals surface area contributed by atoms with E-state index in [9.17, 15) is 9.59 Å². The molecule has 2 amide bonds. The van der Waals surface area contributed by atoms with Crippen LogP contribution in [0.3, 0.4) is 0 Å². The summed E-state index contributed by atoms with van der Waals surface area (Å²) in [6, 6.07) is 0.372. The highest BCUT2D eigenvalue weighted by molar-refractivity contribution is 5.80. The summed E-state index contributed by atoms with van der Waals surface area (Å²) >= 11 is 0. The van der Waals surface area contributed by atoms with Gasteiger partial charge in [0.1, 0.15) is 0 Å². The Labute approximate surface area is 139 Å². The Morgan fingerprint density at radius 2 is 1.78 bits per heavy atom. The van der Waals surface area contributed by atoms with Crippen LogP contribution in [0, 0.1) is 11.8 Å². The SMILES string of the molecule is CC1CCCN(C(=O)C2CCN(C(=O)CC3CCCN3)CC2)C1. The number of carbonyl (C=O) groups is 2. The van der Waals surface area contributed by atoms with E-state index in [2.05, 4.69) is 17.1 Å². The zero-order valence-corrected chi connectivity index (χ0v) is 14.4. The van der Waals surface area contributed by atoms with Crippen molar-refractivity contribution in [2.75, 3.05) is 32.7 Å². The van der Waals surface area contributed by atoms with Gasteiger partial charge in [-0.1, -0.05) is 6.92 Å². The predicted molar refractivity (Wildman–Crippen MR) is 89.9 cm³/mol. The summed E-state index contributed by atoms with van der Waals surface area (Å²) in [5.74, 6) is 1.37. The molecule has 130 valence electrons. The first kappa shape index (κ1) is 16.7. The number of nitrogens with zero attached hydrogens (tertiary/aromatic N) is 2. The van der Waals surface area contributed by atoms with Gasteiger partial charge < -0.3 is 15.1 Å². The molecule has 1 N–H and O–H groups in total. The van der Waals surface area contributed by atoms with Gasteiger partial charge in [0.25, 0.3) is 0 Å². The summed E-state index contributed by atoms with van der Waals surface area (Å²) in [5, 5.41) is 3.39. The Morgan fingerprint density at radius 3 is 2.43 bits per heavy atom. The normalized spacial score (nSPS) is 29.8. The van der Waals surface area contributed by atoms with E-state index >= 15 is 0 Å². The Kier molecular flexibility index (Phi) is 5.57. The number of rotatable bonds is 3. The third-order valence-electron chi connectivity index (χ3n) is 5.75. The van der Waals surface area contributed by atoms with Crippen LogP contribution in [0.5, 0.6) is 0 Å². The van der Waals surface area contributed by atoms with E-state index in [0.29, 0.717) is 24.3 Å². The second kappa shape index (κ2) is 7.65. The fraction of sp³-hybridized carbons (Fsp3) is 0.889. The summed E-state index contributed by atoms with van der Waals surface area (Å²) in [7, 11) is 0. The van der Waals surface area contributed by atoms with Gasteiger partial charge in [0.05, 0.1) is 0 Å². The van der Waals surface area contributed by atoms with Gasteiger partial charge >= 0.3 is 0 Å². The molecule has 0 radical (unpaired) electrons. The van der Waals surface area contributed by atoms with Crippen LogP contribution in [0.15, 0.2) is 0 Å². The molecule has 23 heavy (non-hydrogen) atoms. The Hall–Kier alpha value is -1.10. The van der Waals surface area contributed by atoms with Crippen molar-refractivity contribution in [3.63, 3.8) is 0 Å². The van der Waals surface area contributed by atoms with Crippen LogP contribution >= 0.6 is 0 Å². The quantitative estimate of drug-likeness (QED) is 0.859. The number of likely N-dealkylation sites (tertiary alicyclic amines) is 2. The van der Waals surface area contributed by atoms with E-state index in [-0.39, 0.29) is 11.8 Å². The van der Waals surface area contributed by atoms with Crippen LogP contribution in [-0.2, 0) is 9.59 Å². The number of hydrogen-bond donors (Lipinski definition) is 1. The zero-order valence-electron chi connectivity index (χ0n) is 14.4. The molecular formula is C18H31N3O2. The average Bonchev–Trinajstić information content (AvgIpc) is 3.07. The Balaban J connectivity index is 1.44. The first-order valence-corrected chi connectivity index (χ1v) is 9.43. The molecule has 5 nitrogen and oxygen atoms in total.